The molecule has 1 fully saturated rings. The number of allylic oxidation sites excluding steroid dienone is 2. The van der Waals surface area contributed by atoms with E-state index in [9.17, 15) is 14.5 Å². The highest BCUT2D eigenvalue weighted by molar-refractivity contribution is 5.59. The SMILES string of the molecule is Cc1ccc([N+](=O)[O-])c(N2CCC(=C(F)/C=C/c3ccccc3)CC2)n1. The first kappa shape index (κ1) is 17.8. The standard InChI is InChI=1S/C20H20FN3O2/c1-15-7-10-19(24(25)26)20(22-15)23-13-11-17(12-14-23)18(21)9-8-16-5-3-2-4-6-16/h2-10H,11-14H2,1H3/b9-8+. The monoisotopic (exact) mass is 353 g/mol. The lowest BCUT2D eigenvalue weighted by Crippen LogP contribution is -2.32. The van der Waals surface area contributed by atoms with Crippen LogP contribution in [-0.2, 0) is 0 Å². The first-order valence-electron chi connectivity index (χ1n) is 8.52. The number of piperidine rings is 1. The van der Waals surface area contributed by atoms with Crippen LogP contribution in [-0.4, -0.2) is 23.0 Å². The van der Waals surface area contributed by atoms with Crippen LogP contribution in [0.25, 0.3) is 6.08 Å². The van der Waals surface area contributed by atoms with Gasteiger partial charge in [-0.3, -0.25) is 10.1 Å². The van der Waals surface area contributed by atoms with E-state index in [4.69, 9.17) is 0 Å². The molecule has 1 aliphatic heterocycles. The zero-order chi connectivity index (χ0) is 18.5. The Morgan fingerprint density at radius 1 is 1.19 bits per heavy atom. The summed E-state index contributed by atoms with van der Waals surface area (Å²) < 4.78 is 14.4. The average Bonchev–Trinajstić information content (AvgIpc) is 2.66. The number of hydrogen-bond donors (Lipinski definition) is 0. The van der Waals surface area contributed by atoms with Crippen LogP contribution in [0.3, 0.4) is 0 Å². The van der Waals surface area contributed by atoms with E-state index in [0.29, 0.717) is 31.7 Å². The van der Waals surface area contributed by atoms with E-state index < -0.39 is 4.92 Å². The van der Waals surface area contributed by atoms with Gasteiger partial charge in [-0.25, -0.2) is 9.37 Å². The number of anilines is 1. The van der Waals surface area contributed by atoms with Crippen LogP contribution in [0.15, 0.2) is 59.9 Å². The summed E-state index contributed by atoms with van der Waals surface area (Å²) in [5, 5.41) is 11.2. The largest absolute Gasteiger partial charge is 0.350 e. The van der Waals surface area contributed by atoms with Crippen molar-refractivity contribution in [3.05, 3.63) is 81.3 Å². The van der Waals surface area contributed by atoms with E-state index in [1.165, 1.54) is 12.1 Å². The number of aryl methyl sites for hydroxylation is 1. The lowest BCUT2D eigenvalue weighted by atomic mass is 10.0. The fourth-order valence-corrected chi connectivity index (χ4v) is 2.99. The van der Waals surface area contributed by atoms with Crippen LogP contribution in [0.1, 0.15) is 24.1 Å². The Kier molecular flexibility index (Phi) is 5.41. The fraction of sp³-hybridized carbons (Fsp3) is 0.250. The molecule has 0 unspecified atom stereocenters. The molecule has 0 amide bonds. The second-order valence-electron chi connectivity index (χ2n) is 6.24. The van der Waals surface area contributed by atoms with E-state index in [1.54, 1.807) is 19.1 Å². The summed E-state index contributed by atoms with van der Waals surface area (Å²) in [4.78, 5) is 17.0. The minimum atomic E-state index is -0.420. The molecule has 2 aromatic rings. The Labute approximate surface area is 151 Å². The van der Waals surface area contributed by atoms with Gasteiger partial charge in [0.1, 0.15) is 5.83 Å². The predicted octanol–water partition coefficient (Wildman–Crippen LogP) is 4.84. The molecule has 0 radical (unpaired) electrons. The van der Waals surface area contributed by atoms with Gasteiger partial charge >= 0.3 is 5.69 Å². The van der Waals surface area contributed by atoms with Crippen LogP contribution in [0.5, 0.6) is 0 Å². The van der Waals surface area contributed by atoms with E-state index in [-0.39, 0.29) is 11.5 Å². The Bertz CT molecular complexity index is 853. The zero-order valence-electron chi connectivity index (χ0n) is 14.6. The first-order chi connectivity index (χ1) is 12.5. The molecule has 0 atom stereocenters. The number of nitrogens with zero attached hydrogens (tertiary/aromatic N) is 3. The molecule has 0 saturated carbocycles. The molecule has 0 N–H and O–H groups in total. The lowest BCUT2D eigenvalue weighted by molar-refractivity contribution is -0.384. The smallest absolute Gasteiger partial charge is 0.311 e. The molecule has 0 spiro atoms. The summed E-state index contributed by atoms with van der Waals surface area (Å²) in [6.07, 6.45) is 4.30. The van der Waals surface area contributed by atoms with Crippen LogP contribution in [0, 0.1) is 17.0 Å². The lowest BCUT2D eigenvalue weighted by Gasteiger charge is -2.29. The third kappa shape index (κ3) is 4.14. The van der Waals surface area contributed by atoms with Crippen molar-refractivity contribution in [3.8, 4) is 0 Å². The zero-order valence-corrected chi connectivity index (χ0v) is 14.6. The Morgan fingerprint density at radius 2 is 1.88 bits per heavy atom. The molecule has 5 nitrogen and oxygen atoms in total. The highest BCUT2D eigenvalue weighted by Crippen LogP contribution is 2.31. The quantitative estimate of drug-likeness (QED) is 0.583. The highest BCUT2D eigenvalue weighted by Gasteiger charge is 2.24. The van der Waals surface area contributed by atoms with Crippen molar-refractivity contribution in [2.75, 3.05) is 18.0 Å². The van der Waals surface area contributed by atoms with Crippen LogP contribution >= 0.6 is 0 Å². The number of hydrogen-bond acceptors (Lipinski definition) is 4. The highest BCUT2D eigenvalue weighted by atomic mass is 19.1. The van der Waals surface area contributed by atoms with Gasteiger partial charge in [-0.05, 0) is 43.0 Å². The van der Waals surface area contributed by atoms with Gasteiger partial charge < -0.3 is 4.90 Å². The molecule has 1 aromatic heterocycles. The second kappa shape index (κ2) is 7.91. The van der Waals surface area contributed by atoms with Crippen molar-refractivity contribution in [2.24, 2.45) is 0 Å². The van der Waals surface area contributed by atoms with Gasteiger partial charge in [0.2, 0.25) is 5.82 Å². The maximum atomic E-state index is 14.4. The molecule has 1 aliphatic rings. The third-order valence-electron chi connectivity index (χ3n) is 4.42. The molecule has 3 rings (SSSR count). The van der Waals surface area contributed by atoms with Crippen LogP contribution < -0.4 is 4.90 Å². The Balaban J connectivity index is 1.72. The number of halogens is 1. The molecule has 26 heavy (non-hydrogen) atoms. The molecule has 134 valence electrons. The van der Waals surface area contributed by atoms with Crippen molar-refractivity contribution < 1.29 is 9.31 Å². The van der Waals surface area contributed by atoms with Gasteiger partial charge in [-0.1, -0.05) is 36.4 Å². The van der Waals surface area contributed by atoms with E-state index in [0.717, 1.165) is 16.8 Å². The van der Waals surface area contributed by atoms with Crippen molar-refractivity contribution in [3.63, 3.8) is 0 Å². The molecule has 0 aliphatic carbocycles. The number of pyridine rings is 1. The van der Waals surface area contributed by atoms with Gasteiger partial charge in [0, 0.05) is 24.8 Å². The van der Waals surface area contributed by atoms with Crippen molar-refractivity contribution in [1.82, 2.24) is 4.98 Å². The summed E-state index contributed by atoms with van der Waals surface area (Å²) >= 11 is 0. The molecule has 6 heteroatoms. The molecule has 2 heterocycles. The van der Waals surface area contributed by atoms with Crippen molar-refractivity contribution in [1.29, 1.82) is 0 Å². The van der Waals surface area contributed by atoms with Gasteiger partial charge in [0.15, 0.2) is 0 Å². The number of nitro groups is 1. The predicted molar refractivity (Wildman–Crippen MR) is 101 cm³/mol. The number of aromatic nitrogens is 1. The summed E-state index contributed by atoms with van der Waals surface area (Å²) in [7, 11) is 0. The van der Waals surface area contributed by atoms with E-state index in [2.05, 4.69) is 4.98 Å². The fourth-order valence-electron chi connectivity index (χ4n) is 2.99. The van der Waals surface area contributed by atoms with E-state index in [1.807, 2.05) is 35.2 Å². The van der Waals surface area contributed by atoms with Crippen LogP contribution in [0.2, 0.25) is 0 Å². The average molecular weight is 353 g/mol. The first-order valence-corrected chi connectivity index (χ1v) is 8.52. The van der Waals surface area contributed by atoms with E-state index >= 15 is 0 Å². The van der Waals surface area contributed by atoms with Gasteiger partial charge in [-0.15, -0.1) is 0 Å². The van der Waals surface area contributed by atoms with Crippen molar-refractivity contribution in [2.45, 2.75) is 19.8 Å². The van der Waals surface area contributed by atoms with Gasteiger partial charge in [0.05, 0.1) is 4.92 Å². The minimum absolute atomic E-state index is 0.00697. The molecule has 1 saturated heterocycles. The number of benzene rings is 1. The third-order valence-corrected chi connectivity index (χ3v) is 4.42. The topological polar surface area (TPSA) is 59.3 Å². The van der Waals surface area contributed by atoms with Gasteiger partial charge in [-0.2, -0.15) is 0 Å². The summed E-state index contributed by atoms with van der Waals surface area (Å²) in [6.45, 7) is 2.83. The molecule has 1 aromatic carbocycles. The molecular formula is C20H20FN3O2. The Hall–Kier alpha value is -3.02. The maximum Gasteiger partial charge on any atom is 0.311 e. The number of rotatable bonds is 4. The van der Waals surface area contributed by atoms with Gasteiger partial charge in [0.25, 0.3) is 0 Å². The normalized spacial score (nSPS) is 14.7. The Morgan fingerprint density at radius 3 is 2.54 bits per heavy atom. The summed E-state index contributed by atoms with van der Waals surface area (Å²) in [6, 6.07) is 12.7. The minimum Gasteiger partial charge on any atom is -0.350 e. The van der Waals surface area contributed by atoms with Crippen LogP contribution in [0.4, 0.5) is 15.9 Å². The molecule has 0 bridgehead atoms. The summed E-state index contributed by atoms with van der Waals surface area (Å²) in [5.74, 6) is 0.148. The van der Waals surface area contributed by atoms with Crippen molar-refractivity contribution >= 4 is 17.6 Å². The summed E-state index contributed by atoms with van der Waals surface area (Å²) in [5.41, 5.74) is 2.40. The maximum absolute atomic E-state index is 14.4. The second-order valence-corrected chi connectivity index (χ2v) is 6.24. The molecular weight excluding hydrogens is 333 g/mol.